The third kappa shape index (κ3) is 5.22. The van der Waals surface area contributed by atoms with Gasteiger partial charge in [-0.25, -0.2) is 14.4 Å². The molecule has 0 aliphatic carbocycles. The minimum atomic E-state index is -4.53. The summed E-state index contributed by atoms with van der Waals surface area (Å²) in [5, 5.41) is 3.70. The number of aryl methyl sites for hydroxylation is 1. The zero-order valence-electron chi connectivity index (χ0n) is 18.7. The number of thiazole rings is 1. The maximum atomic E-state index is 13.6. The van der Waals surface area contributed by atoms with Crippen LogP contribution >= 0.6 is 11.3 Å². The van der Waals surface area contributed by atoms with Crippen molar-refractivity contribution in [2.24, 2.45) is 5.92 Å². The molecule has 0 saturated carbocycles. The van der Waals surface area contributed by atoms with E-state index in [-0.39, 0.29) is 36.0 Å². The van der Waals surface area contributed by atoms with Gasteiger partial charge in [-0.2, -0.15) is 13.2 Å². The van der Waals surface area contributed by atoms with Crippen molar-refractivity contribution in [3.8, 4) is 10.4 Å². The van der Waals surface area contributed by atoms with Crippen LogP contribution in [0.15, 0.2) is 42.5 Å². The average molecular weight is 493 g/mol. The first-order chi connectivity index (χ1) is 16.1. The second-order valence-corrected chi connectivity index (χ2v) is 9.59. The van der Waals surface area contributed by atoms with Crippen LogP contribution in [-0.2, 0) is 6.18 Å². The third-order valence-corrected chi connectivity index (χ3v) is 6.97. The van der Waals surface area contributed by atoms with Crippen LogP contribution in [0.3, 0.4) is 0 Å². The quantitative estimate of drug-likeness (QED) is 0.442. The van der Waals surface area contributed by atoms with E-state index in [2.05, 4.69) is 15.3 Å². The predicted molar refractivity (Wildman–Crippen MR) is 123 cm³/mol. The summed E-state index contributed by atoms with van der Waals surface area (Å²) in [5.74, 6) is -0.363. The van der Waals surface area contributed by atoms with Crippen molar-refractivity contribution >= 4 is 23.1 Å². The molecule has 1 fully saturated rings. The summed E-state index contributed by atoms with van der Waals surface area (Å²) < 4.78 is 52.4. The molecule has 34 heavy (non-hydrogen) atoms. The fourth-order valence-electron chi connectivity index (χ4n) is 4.22. The van der Waals surface area contributed by atoms with Crippen molar-refractivity contribution in [2.75, 3.05) is 18.4 Å². The SMILES string of the molecule is Cc1nc(C(=O)N2CCCC(C)C2CNc2cccc(C(F)(F)F)n2)c(-c2ccc(F)cc2)s1. The zero-order valence-corrected chi connectivity index (χ0v) is 19.5. The van der Waals surface area contributed by atoms with Gasteiger partial charge in [-0.1, -0.05) is 25.1 Å². The van der Waals surface area contributed by atoms with Crippen LogP contribution < -0.4 is 5.32 Å². The zero-order chi connectivity index (χ0) is 24.5. The molecule has 1 aromatic carbocycles. The van der Waals surface area contributed by atoms with Gasteiger partial charge in [0, 0.05) is 13.1 Å². The van der Waals surface area contributed by atoms with Crippen molar-refractivity contribution in [1.29, 1.82) is 0 Å². The minimum Gasteiger partial charge on any atom is -0.368 e. The number of nitrogens with zero attached hydrogens (tertiary/aromatic N) is 3. The number of halogens is 4. The molecule has 1 saturated heterocycles. The molecule has 0 spiro atoms. The minimum absolute atomic E-state index is 0.108. The van der Waals surface area contributed by atoms with Gasteiger partial charge in [0.05, 0.1) is 15.9 Å². The topological polar surface area (TPSA) is 58.1 Å². The van der Waals surface area contributed by atoms with Crippen molar-refractivity contribution in [1.82, 2.24) is 14.9 Å². The summed E-state index contributed by atoms with van der Waals surface area (Å²) in [7, 11) is 0. The molecule has 3 aromatic rings. The lowest BCUT2D eigenvalue weighted by Crippen LogP contribution is -2.51. The molecular formula is C24H24F4N4OS. The Morgan fingerprint density at radius 1 is 1.18 bits per heavy atom. The standard InChI is InChI=1S/C24H24F4N4OS/c1-14-5-4-12-32(18(14)13-29-20-7-3-6-19(31-20)24(26,27)28)23(33)21-22(34-15(2)30-21)16-8-10-17(25)11-9-16/h3,6-11,14,18H,4-5,12-13H2,1-2H3,(H,29,31). The summed E-state index contributed by atoms with van der Waals surface area (Å²) in [6.45, 7) is 4.62. The fraction of sp³-hybridized carbons (Fsp3) is 0.375. The molecule has 5 nitrogen and oxygen atoms in total. The molecule has 4 rings (SSSR count). The lowest BCUT2D eigenvalue weighted by Gasteiger charge is -2.40. The number of aromatic nitrogens is 2. The van der Waals surface area contributed by atoms with Gasteiger partial charge in [0.2, 0.25) is 0 Å². The molecule has 3 heterocycles. The van der Waals surface area contributed by atoms with Crippen LogP contribution in [0.25, 0.3) is 10.4 Å². The van der Waals surface area contributed by atoms with Crippen molar-refractivity contribution in [2.45, 2.75) is 38.9 Å². The first-order valence-corrected chi connectivity index (χ1v) is 11.8. The summed E-state index contributed by atoms with van der Waals surface area (Å²) in [4.78, 5) is 24.2. The number of anilines is 1. The number of hydrogen-bond donors (Lipinski definition) is 1. The van der Waals surface area contributed by atoms with Gasteiger partial charge in [0.1, 0.15) is 23.0 Å². The first-order valence-electron chi connectivity index (χ1n) is 11.0. The van der Waals surface area contributed by atoms with Crippen LogP contribution in [0.1, 0.15) is 41.0 Å². The Bertz CT molecular complexity index is 1160. The van der Waals surface area contributed by atoms with Gasteiger partial charge in [-0.05, 0) is 55.5 Å². The van der Waals surface area contributed by atoms with Gasteiger partial charge < -0.3 is 10.2 Å². The van der Waals surface area contributed by atoms with Crippen molar-refractivity contribution in [3.05, 3.63) is 64.7 Å². The molecule has 1 aliphatic heterocycles. The highest BCUT2D eigenvalue weighted by Gasteiger charge is 2.35. The van der Waals surface area contributed by atoms with Crippen LogP contribution in [0.5, 0.6) is 0 Å². The number of carbonyl (C=O) groups is 1. The molecular weight excluding hydrogens is 468 g/mol. The smallest absolute Gasteiger partial charge is 0.368 e. The van der Waals surface area contributed by atoms with Gasteiger partial charge in [-0.3, -0.25) is 4.79 Å². The number of carbonyl (C=O) groups excluding carboxylic acids is 1. The largest absolute Gasteiger partial charge is 0.433 e. The van der Waals surface area contributed by atoms with Crippen molar-refractivity contribution in [3.63, 3.8) is 0 Å². The van der Waals surface area contributed by atoms with Crippen LogP contribution in [0, 0.1) is 18.7 Å². The molecule has 1 aliphatic rings. The Balaban J connectivity index is 1.57. The number of nitrogens with one attached hydrogen (secondary N) is 1. The fourth-order valence-corrected chi connectivity index (χ4v) is 5.13. The number of benzene rings is 1. The normalized spacial score (nSPS) is 18.7. The molecule has 1 amide bonds. The number of rotatable bonds is 5. The van der Waals surface area contributed by atoms with E-state index in [0.717, 1.165) is 23.9 Å². The van der Waals surface area contributed by atoms with E-state index in [4.69, 9.17) is 0 Å². The monoisotopic (exact) mass is 492 g/mol. The summed E-state index contributed by atoms with van der Waals surface area (Å²) in [5.41, 5.74) is 0.0534. The molecule has 1 N–H and O–H groups in total. The van der Waals surface area contributed by atoms with Gasteiger partial charge in [0.25, 0.3) is 5.91 Å². The van der Waals surface area contributed by atoms with E-state index in [9.17, 15) is 22.4 Å². The Hall–Kier alpha value is -3.01. The number of likely N-dealkylation sites (tertiary alicyclic amines) is 1. The van der Waals surface area contributed by atoms with E-state index in [1.165, 1.54) is 35.6 Å². The Kier molecular flexibility index (Phi) is 6.88. The molecule has 2 atom stereocenters. The Morgan fingerprint density at radius 2 is 1.91 bits per heavy atom. The summed E-state index contributed by atoms with van der Waals surface area (Å²) in [6.07, 6.45) is -2.82. The number of pyridine rings is 1. The number of alkyl halides is 3. The number of amides is 1. The predicted octanol–water partition coefficient (Wildman–Crippen LogP) is 6.02. The number of hydrogen-bond acceptors (Lipinski definition) is 5. The lowest BCUT2D eigenvalue weighted by molar-refractivity contribution is -0.141. The van der Waals surface area contributed by atoms with Gasteiger partial charge in [0.15, 0.2) is 0 Å². The molecule has 2 unspecified atom stereocenters. The van der Waals surface area contributed by atoms with Crippen LogP contribution in [0.4, 0.5) is 23.4 Å². The van der Waals surface area contributed by atoms with E-state index in [1.54, 1.807) is 17.0 Å². The van der Waals surface area contributed by atoms with Crippen LogP contribution in [-0.4, -0.2) is 39.9 Å². The molecule has 2 aromatic heterocycles. The first kappa shape index (κ1) is 24.1. The van der Waals surface area contributed by atoms with E-state index < -0.39 is 11.9 Å². The van der Waals surface area contributed by atoms with Crippen LogP contribution in [0.2, 0.25) is 0 Å². The highest BCUT2D eigenvalue weighted by atomic mass is 32.1. The van der Waals surface area contributed by atoms with Crippen molar-refractivity contribution < 1.29 is 22.4 Å². The molecule has 0 bridgehead atoms. The molecule has 10 heteroatoms. The second kappa shape index (κ2) is 9.69. The van der Waals surface area contributed by atoms with Gasteiger partial charge in [-0.15, -0.1) is 11.3 Å². The lowest BCUT2D eigenvalue weighted by atomic mass is 9.90. The highest BCUT2D eigenvalue weighted by Crippen LogP contribution is 2.34. The van der Waals surface area contributed by atoms with E-state index in [0.29, 0.717) is 22.7 Å². The molecule has 180 valence electrons. The third-order valence-electron chi connectivity index (χ3n) is 5.95. The van der Waals surface area contributed by atoms with E-state index in [1.807, 2.05) is 13.8 Å². The maximum Gasteiger partial charge on any atom is 0.433 e. The maximum absolute atomic E-state index is 13.6. The number of piperidine rings is 1. The Labute approximate surface area is 198 Å². The Morgan fingerprint density at radius 3 is 2.62 bits per heavy atom. The summed E-state index contributed by atoms with van der Waals surface area (Å²) >= 11 is 1.37. The van der Waals surface area contributed by atoms with E-state index >= 15 is 0 Å². The average Bonchev–Trinajstić information content (AvgIpc) is 3.19. The second-order valence-electron chi connectivity index (χ2n) is 8.39. The molecule has 0 radical (unpaired) electrons. The highest BCUT2D eigenvalue weighted by molar-refractivity contribution is 7.15. The summed E-state index contributed by atoms with van der Waals surface area (Å²) in [6, 6.07) is 9.38. The van der Waals surface area contributed by atoms with Gasteiger partial charge >= 0.3 is 6.18 Å².